The molecule has 2 rings (SSSR count). The van der Waals surface area contributed by atoms with E-state index in [1.54, 1.807) is 7.11 Å². The van der Waals surface area contributed by atoms with Crippen LogP contribution in [-0.2, 0) is 11.3 Å². The minimum Gasteiger partial charge on any atom is -0.383 e. The molecule has 2 N–H and O–H groups in total. The van der Waals surface area contributed by atoms with Crippen LogP contribution in [0.4, 0.5) is 0 Å². The van der Waals surface area contributed by atoms with E-state index in [1.165, 1.54) is 11.1 Å². The van der Waals surface area contributed by atoms with E-state index in [0.29, 0.717) is 12.6 Å². The fourth-order valence-corrected chi connectivity index (χ4v) is 2.25. The van der Waals surface area contributed by atoms with Crippen molar-refractivity contribution >= 4 is 0 Å². The van der Waals surface area contributed by atoms with Gasteiger partial charge < -0.3 is 10.5 Å². The Morgan fingerprint density at radius 2 is 2.27 bits per heavy atom. The molecule has 1 aromatic carbocycles. The predicted octanol–water partition coefficient (Wildman–Crippen LogP) is 1.15. The average Bonchev–Trinajstić information content (AvgIpc) is 2.63. The number of benzene rings is 1. The first-order chi connectivity index (χ1) is 7.36. The number of hydrogen-bond donors (Lipinski definition) is 1. The van der Waals surface area contributed by atoms with Gasteiger partial charge in [-0.1, -0.05) is 24.3 Å². The van der Waals surface area contributed by atoms with E-state index in [9.17, 15) is 0 Å². The Bertz CT molecular complexity index is 327. The summed E-state index contributed by atoms with van der Waals surface area (Å²) in [4.78, 5) is 2.38. The Morgan fingerprint density at radius 1 is 1.47 bits per heavy atom. The largest absolute Gasteiger partial charge is 0.383 e. The molecule has 15 heavy (non-hydrogen) atoms. The maximum Gasteiger partial charge on any atom is 0.0590 e. The monoisotopic (exact) mass is 206 g/mol. The van der Waals surface area contributed by atoms with E-state index in [4.69, 9.17) is 10.5 Å². The van der Waals surface area contributed by atoms with E-state index >= 15 is 0 Å². The molecule has 0 saturated carbocycles. The summed E-state index contributed by atoms with van der Waals surface area (Å²) in [5.41, 5.74) is 8.62. The first kappa shape index (κ1) is 10.6. The highest BCUT2D eigenvalue weighted by molar-refractivity contribution is 5.34. The molecule has 1 aliphatic rings. The van der Waals surface area contributed by atoms with Crippen LogP contribution in [0.25, 0.3) is 0 Å². The maximum atomic E-state index is 5.83. The SMILES string of the molecule is COCCN1Cc2ccccc2C1CN. The molecule has 0 saturated heterocycles. The van der Waals surface area contributed by atoms with Crippen LogP contribution >= 0.6 is 0 Å². The van der Waals surface area contributed by atoms with Crippen LogP contribution in [0.5, 0.6) is 0 Å². The van der Waals surface area contributed by atoms with Gasteiger partial charge in [0.25, 0.3) is 0 Å². The molecule has 82 valence electrons. The van der Waals surface area contributed by atoms with E-state index in [-0.39, 0.29) is 0 Å². The molecule has 0 fully saturated rings. The lowest BCUT2D eigenvalue weighted by atomic mass is 10.1. The van der Waals surface area contributed by atoms with Crippen LogP contribution in [0.15, 0.2) is 24.3 Å². The molecular formula is C12H18N2O. The first-order valence-corrected chi connectivity index (χ1v) is 5.37. The highest BCUT2D eigenvalue weighted by atomic mass is 16.5. The maximum absolute atomic E-state index is 5.83. The smallest absolute Gasteiger partial charge is 0.0590 e. The van der Waals surface area contributed by atoms with Crippen LogP contribution in [0.3, 0.4) is 0 Å². The molecule has 3 nitrogen and oxygen atoms in total. The topological polar surface area (TPSA) is 38.5 Å². The Hall–Kier alpha value is -0.900. The third-order valence-electron chi connectivity index (χ3n) is 3.03. The number of nitrogens with zero attached hydrogens (tertiary/aromatic N) is 1. The van der Waals surface area contributed by atoms with Gasteiger partial charge in [0, 0.05) is 32.8 Å². The third-order valence-corrected chi connectivity index (χ3v) is 3.03. The molecule has 1 aliphatic heterocycles. The average molecular weight is 206 g/mol. The summed E-state index contributed by atoms with van der Waals surface area (Å²) in [5.74, 6) is 0. The van der Waals surface area contributed by atoms with Gasteiger partial charge in [-0.2, -0.15) is 0 Å². The number of rotatable bonds is 4. The van der Waals surface area contributed by atoms with Crippen molar-refractivity contribution in [2.24, 2.45) is 5.73 Å². The molecule has 1 atom stereocenters. The fraction of sp³-hybridized carbons (Fsp3) is 0.500. The molecule has 0 spiro atoms. The number of nitrogens with two attached hydrogens (primary N) is 1. The standard InChI is InChI=1S/C12H18N2O/c1-15-7-6-14-9-10-4-2-3-5-11(10)12(14)8-13/h2-5,12H,6-9,13H2,1H3. The van der Waals surface area contributed by atoms with Gasteiger partial charge in [-0.05, 0) is 11.1 Å². The zero-order valence-corrected chi connectivity index (χ0v) is 9.15. The molecule has 1 aromatic rings. The molecule has 0 aromatic heterocycles. The van der Waals surface area contributed by atoms with Gasteiger partial charge in [-0.3, -0.25) is 4.90 Å². The first-order valence-electron chi connectivity index (χ1n) is 5.37. The quantitative estimate of drug-likeness (QED) is 0.803. The summed E-state index contributed by atoms with van der Waals surface area (Å²) in [6.45, 7) is 3.40. The molecule has 1 heterocycles. The number of fused-ring (bicyclic) bond motifs is 1. The van der Waals surface area contributed by atoms with Crippen molar-refractivity contribution in [1.82, 2.24) is 4.90 Å². The van der Waals surface area contributed by atoms with Gasteiger partial charge in [-0.15, -0.1) is 0 Å². The van der Waals surface area contributed by atoms with Crippen molar-refractivity contribution in [1.29, 1.82) is 0 Å². The molecular weight excluding hydrogens is 188 g/mol. The van der Waals surface area contributed by atoms with Crippen molar-refractivity contribution in [3.63, 3.8) is 0 Å². The third kappa shape index (κ3) is 2.04. The highest BCUT2D eigenvalue weighted by Gasteiger charge is 2.27. The predicted molar refractivity (Wildman–Crippen MR) is 60.5 cm³/mol. The van der Waals surface area contributed by atoms with Gasteiger partial charge in [0.05, 0.1) is 6.61 Å². The molecule has 0 bridgehead atoms. The second kappa shape index (κ2) is 4.75. The van der Waals surface area contributed by atoms with Crippen LogP contribution in [0, 0.1) is 0 Å². The Morgan fingerprint density at radius 3 is 3.00 bits per heavy atom. The van der Waals surface area contributed by atoms with Crippen LogP contribution in [0.2, 0.25) is 0 Å². The second-order valence-corrected chi connectivity index (χ2v) is 3.91. The lowest BCUT2D eigenvalue weighted by Crippen LogP contribution is -2.30. The van der Waals surface area contributed by atoms with Crippen molar-refractivity contribution in [3.8, 4) is 0 Å². The molecule has 0 aliphatic carbocycles. The van der Waals surface area contributed by atoms with Crippen molar-refractivity contribution in [3.05, 3.63) is 35.4 Å². The molecule has 0 amide bonds. The number of ether oxygens (including phenoxy) is 1. The van der Waals surface area contributed by atoms with Gasteiger partial charge in [0.1, 0.15) is 0 Å². The number of methoxy groups -OCH3 is 1. The van der Waals surface area contributed by atoms with E-state index in [0.717, 1.165) is 19.7 Å². The fourth-order valence-electron chi connectivity index (χ4n) is 2.25. The lowest BCUT2D eigenvalue weighted by Gasteiger charge is -2.23. The van der Waals surface area contributed by atoms with Crippen molar-refractivity contribution in [2.45, 2.75) is 12.6 Å². The summed E-state index contributed by atoms with van der Waals surface area (Å²) < 4.78 is 5.11. The van der Waals surface area contributed by atoms with E-state index in [2.05, 4.69) is 29.2 Å². The van der Waals surface area contributed by atoms with Gasteiger partial charge in [0.2, 0.25) is 0 Å². The molecule has 1 unspecified atom stereocenters. The van der Waals surface area contributed by atoms with Crippen LogP contribution in [-0.4, -0.2) is 31.7 Å². The minimum atomic E-state index is 0.372. The Labute approximate surface area is 90.8 Å². The second-order valence-electron chi connectivity index (χ2n) is 3.91. The zero-order chi connectivity index (χ0) is 10.7. The summed E-state index contributed by atoms with van der Waals surface area (Å²) in [5, 5.41) is 0. The molecule has 3 heteroatoms. The van der Waals surface area contributed by atoms with E-state index < -0.39 is 0 Å². The van der Waals surface area contributed by atoms with Gasteiger partial charge >= 0.3 is 0 Å². The molecule has 0 radical (unpaired) electrons. The van der Waals surface area contributed by atoms with Crippen molar-refractivity contribution in [2.75, 3.05) is 26.8 Å². The van der Waals surface area contributed by atoms with Gasteiger partial charge in [-0.25, -0.2) is 0 Å². The Kier molecular flexibility index (Phi) is 3.36. The zero-order valence-electron chi connectivity index (χ0n) is 9.15. The van der Waals surface area contributed by atoms with E-state index in [1.807, 2.05) is 0 Å². The van der Waals surface area contributed by atoms with Crippen molar-refractivity contribution < 1.29 is 4.74 Å². The van der Waals surface area contributed by atoms with Crippen LogP contribution < -0.4 is 5.73 Å². The summed E-state index contributed by atoms with van der Waals surface area (Å²) >= 11 is 0. The summed E-state index contributed by atoms with van der Waals surface area (Å²) in [6, 6.07) is 8.91. The lowest BCUT2D eigenvalue weighted by molar-refractivity contribution is 0.128. The minimum absolute atomic E-state index is 0.372. The van der Waals surface area contributed by atoms with Gasteiger partial charge in [0.15, 0.2) is 0 Å². The van der Waals surface area contributed by atoms with Crippen LogP contribution in [0.1, 0.15) is 17.2 Å². The Balaban J connectivity index is 2.13. The summed E-state index contributed by atoms with van der Waals surface area (Å²) in [6.07, 6.45) is 0. The number of hydrogen-bond acceptors (Lipinski definition) is 3. The normalized spacial score (nSPS) is 20.5. The summed E-state index contributed by atoms with van der Waals surface area (Å²) in [7, 11) is 1.74. The highest BCUT2D eigenvalue weighted by Crippen LogP contribution is 2.32.